The fraction of sp³-hybridized carbons (Fsp3) is 0.955. The predicted molar refractivity (Wildman–Crippen MR) is 243 cm³/mol. The number of unbranched alkanes of at least 4 members (excludes halogenated alkanes) is 30. The predicted octanol–water partition coefficient (Wildman–Crippen LogP) is 15.6. The Morgan fingerprint density at radius 1 is 0.353 bits per heavy atom. The van der Waals surface area contributed by atoms with Crippen LogP contribution in [-0.2, 0) is 44.7 Å². The van der Waals surface area contributed by atoms with Gasteiger partial charge in [-0.05, 0) is 40.5 Å². The number of nitrogens with zero attached hydrogens (tertiary/aromatic N) is 2. The fourth-order valence-electron chi connectivity index (χ4n) is 6.78. The molecular weight excluding hydrogens is 750 g/mol. The van der Waals surface area contributed by atoms with Crippen LogP contribution in [0.4, 0.5) is 0 Å². The molecule has 0 unspecified atom stereocenters. The molecule has 51 heavy (non-hydrogen) atoms. The van der Waals surface area contributed by atoms with Crippen molar-refractivity contribution in [3.63, 3.8) is 0 Å². The molecule has 0 fully saturated rings. The maximum absolute atomic E-state index is 5.14. The second-order valence-electron chi connectivity index (χ2n) is 15.7. The van der Waals surface area contributed by atoms with Gasteiger partial charge in [0.1, 0.15) is 0 Å². The Bertz CT molecular complexity index is 649. The van der Waals surface area contributed by atoms with Gasteiger partial charge in [0.05, 0.1) is 0 Å². The SMILES string of the molecule is CCCCCCCCCCCCCCCCCCN(C(=S)[S-])C(C)C.CCCCCCCCCCCCCCCCCCN(C(=S)[S-])C(C)C.[Zn+2]. The first-order chi connectivity index (χ1) is 24.2. The van der Waals surface area contributed by atoms with Crippen molar-refractivity contribution in [3.05, 3.63) is 0 Å². The Hall–Kier alpha value is 0.843. The summed E-state index contributed by atoms with van der Waals surface area (Å²) in [7, 11) is 0. The van der Waals surface area contributed by atoms with Gasteiger partial charge in [-0.1, -0.05) is 215 Å². The summed E-state index contributed by atoms with van der Waals surface area (Å²) in [5.74, 6) is 0. The summed E-state index contributed by atoms with van der Waals surface area (Å²) in [4.78, 5) is 4.35. The molecule has 0 atom stereocenters. The van der Waals surface area contributed by atoms with Crippen LogP contribution >= 0.6 is 24.4 Å². The van der Waals surface area contributed by atoms with Gasteiger partial charge >= 0.3 is 19.5 Å². The van der Waals surface area contributed by atoms with Gasteiger partial charge < -0.3 is 59.5 Å². The third-order valence-corrected chi connectivity index (χ3v) is 11.2. The number of hydrogen-bond acceptors (Lipinski definition) is 4. The molecule has 0 aliphatic rings. The summed E-state index contributed by atoms with van der Waals surface area (Å²) in [6.07, 6.45) is 45.2. The van der Waals surface area contributed by atoms with Gasteiger partial charge in [0, 0.05) is 25.2 Å². The maximum atomic E-state index is 5.14. The summed E-state index contributed by atoms with van der Waals surface area (Å²) in [6.45, 7) is 15.3. The van der Waals surface area contributed by atoms with Crippen LogP contribution in [0, 0.1) is 0 Å². The van der Waals surface area contributed by atoms with Crippen LogP contribution in [0.3, 0.4) is 0 Å². The molecule has 0 aliphatic heterocycles. The quantitative estimate of drug-likeness (QED) is 0.0266. The number of thiocarbonyl (C=S) groups is 2. The third kappa shape index (κ3) is 43.4. The molecule has 2 nitrogen and oxygen atoms in total. The topological polar surface area (TPSA) is 6.48 Å². The number of hydrogen-bond donors (Lipinski definition) is 0. The zero-order chi connectivity index (χ0) is 37.5. The first kappa shape index (κ1) is 56.2. The standard InChI is InChI=1S/2C22H45NS2.Zn/c2*1-4-5-6-7-8-9-10-11-12-13-14-15-16-17-18-19-20-23(21(2)3)22(24)25;/h2*21H,4-20H2,1-3H3,(H,24,25);/q;;+2/p-2. The van der Waals surface area contributed by atoms with Crippen LogP contribution in [0.5, 0.6) is 0 Å². The van der Waals surface area contributed by atoms with Gasteiger partial charge in [0.25, 0.3) is 0 Å². The van der Waals surface area contributed by atoms with Gasteiger partial charge in [0.2, 0.25) is 0 Å². The second-order valence-corrected chi connectivity index (χ2v) is 17.8. The van der Waals surface area contributed by atoms with E-state index >= 15 is 0 Å². The van der Waals surface area contributed by atoms with E-state index in [1.807, 2.05) is 0 Å². The Balaban J connectivity index is -0.000000886. The van der Waals surface area contributed by atoms with E-state index in [0.29, 0.717) is 20.7 Å². The van der Waals surface area contributed by atoms with E-state index in [1.165, 1.54) is 205 Å². The Morgan fingerprint density at radius 3 is 0.647 bits per heavy atom. The molecule has 7 heteroatoms. The van der Waals surface area contributed by atoms with E-state index in [4.69, 9.17) is 49.7 Å². The second kappa shape index (κ2) is 45.2. The molecule has 300 valence electrons. The van der Waals surface area contributed by atoms with Crippen molar-refractivity contribution in [3.8, 4) is 0 Å². The van der Waals surface area contributed by atoms with Crippen molar-refractivity contribution in [1.82, 2.24) is 9.80 Å². The minimum absolute atomic E-state index is 0. The van der Waals surface area contributed by atoms with E-state index in [9.17, 15) is 0 Å². The molecule has 0 aliphatic carbocycles. The van der Waals surface area contributed by atoms with Gasteiger partial charge in [-0.2, -0.15) is 0 Å². The van der Waals surface area contributed by atoms with Crippen LogP contribution < -0.4 is 0 Å². The maximum Gasteiger partial charge on any atom is 2.00 e. The van der Waals surface area contributed by atoms with Gasteiger partial charge in [-0.3, -0.25) is 0 Å². The fourth-order valence-corrected chi connectivity index (χ4v) is 7.99. The van der Waals surface area contributed by atoms with E-state index in [0.717, 1.165) is 13.1 Å². The molecule has 0 heterocycles. The molecule has 0 rings (SSSR count). The minimum Gasteiger partial charge on any atom is -0.411 e. The van der Waals surface area contributed by atoms with E-state index in [2.05, 4.69) is 51.3 Å². The van der Waals surface area contributed by atoms with Crippen LogP contribution in [0.15, 0.2) is 0 Å². The normalized spacial score (nSPS) is 11.0. The molecule has 0 aromatic carbocycles. The van der Waals surface area contributed by atoms with Crippen LogP contribution in [0.2, 0.25) is 0 Å². The summed E-state index contributed by atoms with van der Waals surface area (Å²) in [6, 6.07) is 0.891. The minimum atomic E-state index is 0. The van der Waals surface area contributed by atoms with Crippen LogP contribution in [-0.4, -0.2) is 43.6 Å². The van der Waals surface area contributed by atoms with Crippen molar-refractivity contribution < 1.29 is 19.5 Å². The van der Waals surface area contributed by atoms with Crippen molar-refractivity contribution >= 4 is 58.3 Å². The third-order valence-electron chi connectivity index (χ3n) is 10.2. The zero-order valence-electron chi connectivity index (χ0n) is 35.4. The van der Waals surface area contributed by atoms with Crippen LogP contribution in [0.1, 0.15) is 247 Å². The Kier molecular flexibility index (Phi) is 49.8. The van der Waals surface area contributed by atoms with Crippen molar-refractivity contribution in [2.75, 3.05) is 13.1 Å². The molecule has 0 aromatic rings. The van der Waals surface area contributed by atoms with E-state index in [-0.39, 0.29) is 19.5 Å². The molecule has 0 aromatic heterocycles. The summed E-state index contributed by atoms with van der Waals surface area (Å²) >= 11 is 20.6. The Morgan fingerprint density at radius 2 is 0.510 bits per heavy atom. The molecule has 0 saturated heterocycles. The molecular formula is C44H88N2S4Zn. The largest absolute Gasteiger partial charge is 2.00 e. The van der Waals surface area contributed by atoms with Crippen molar-refractivity contribution in [2.24, 2.45) is 0 Å². The van der Waals surface area contributed by atoms with Crippen molar-refractivity contribution in [2.45, 2.75) is 259 Å². The first-order valence-corrected chi connectivity index (χ1v) is 23.8. The average Bonchev–Trinajstić information content (AvgIpc) is 3.07. The molecule has 0 amide bonds. The monoisotopic (exact) mass is 837 g/mol. The van der Waals surface area contributed by atoms with E-state index < -0.39 is 0 Å². The molecule has 0 N–H and O–H groups in total. The van der Waals surface area contributed by atoms with Gasteiger partial charge in [-0.25, -0.2) is 0 Å². The summed E-state index contributed by atoms with van der Waals surface area (Å²) in [5, 5.41) is 0. The molecule has 0 saturated carbocycles. The number of rotatable bonds is 36. The average molecular weight is 839 g/mol. The summed E-state index contributed by atoms with van der Waals surface area (Å²) in [5.41, 5.74) is 0. The Labute approximate surface area is 357 Å². The van der Waals surface area contributed by atoms with E-state index in [1.54, 1.807) is 0 Å². The molecule has 0 spiro atoms. The summed E-state index contributed by atoms with van der Waals surface area (Å²) < 4.78 is 1.27. The van der Waals surface area contributed by atoms with Gasteiger partial charge in [-0.15, -0.1) is 0 Å². The molecule has 0 bridgehead atoms. The first-order valence-electron chi connectivity index (χ1n) is 22.1. The van der Waals surface area contributed by atoms with Crippen LogP contribution in [0.25, 0.3) is 0 Å². The van der Waals surface area contributed by atoms with Crippen molar-refractivity contribution in [1.29, 1.82) is 0 Å². The molecule has 0 radical (unpaired) electrons. The van der Waals surface area contributed by atoms with Gasteiger partial charge in [0.15, 0.2) is 0 Å². The zero-order valence-corrected chi connectivity index (χ0v) is 41.7. The smallest absolute Gasteiger partial charge is 0.411 e.